The maximum absolute atomic E-state index is 12.2. The zero-order valence-electron chi connectivity index (χ0n) is 12.7. The highest BCUT2D eigenvalue weighted by Gasteiger charge is 2.33. The molecule has 0 saturated carbocycles. The molecule has 2 heterocycles. The van der Waals surface area contributed by atoms with Gasteiger partial charge in [-0.15, -0.1) is 0 Å². The summed E-state index contributed by atoms with van der Waals surface area (Å²) < 4.78 is 5.34. The molecule has 1 unspecified atom stereocenters. The Morgan fingerprint density at radius 3 is 2.48 bits per heavy atom. The first-order valence-electron chi connectivity index (χ1n) is 7.59. The van der Waals surface area contributed by atoms with Gasteiger partial charge in [0.25, 0.3) is 0 Å². The third kappa shape index (κ3) is 4.07. The van der Waals surface area contributed by atoms with E-state index in [0.717, 1.165) is 32.7 Å². The van der Waals surface area contributed by atoms with Gasteiger partial charge in [0.1, 0.15) is 6.04 Å². The van der Waals surface area contributed by atoms with Gasteiger partial charge in [-0.3, -0.25) is 4.90 Å². The fourth-order valence-corrected chi connectivity index (χ4v) is 2.90. The number of ether oxygens (including phenoxy) is 1. The first kappa shape index (κ1) is 16.0. The maximum Gasteiger partial charge on any atom is 0.326 e. The summed E-state index contributed by atoms with van der Waals surface area (Å²) >= 11 is 0. The first-order chi connectivity index (χ1) is 9.99. The van der Waals surface area contributed by atoms with Crippen molar-refractivity contribution in [1.29, 1.82) is 0 Å². The smallest absolute Gasteiger partial charge is 0.326 e. The van der Waals surface area contributed by atoms with E-state index in [1.165, 1.54) is 0 Å². The standard InChI is InChI=1S/C14H25N3O4/c1-10(2)12(13(18)19)15-14(20)17-4-3-11(9-17)16-5-7-21-8-6-16/h10-12H,3-9H2,1-2H3,(H,15,20)(H,18,19)/t11?,12-/m0/s1. The van der Waals surface area contributed by atoms with Gasteiger partial charge in [-0.25, -0.2) is 9.59 Å². The van der Waals surface area contributed by atoms with Crippen LogP contribution in [0.15, 0.2) is 0 Å². The van der Waals surface area contributed by atoms with Crippen LogP contribution in [0.5, 0.6) is 0 Å². The number of urea groups is 1. The van der Waals surface area contributed by atoms with Crippen LogP contribution in [0.3, 0.4) is 0 Å². The molecule has 2 rings (SSSR count). The number of likely N-dealkylation sites (tertiary alicyclic amines) is 1. The minimum absolute atomic E-state index is 0.135. The van der Waals surface area contributed by atoms with Crippen LogP contribution in [0.25, 0.3) is 0 Å². The molecular formula is C14H25N3O4. The summed E-state index contributed by atoms with van der Waals surface area (Å²) in [5, 5.41) is 11.8. The Labute approximate surface area is 125 Å². The van der Waals surface area contributed by atoms with E-state index in [0.29, 0.717) is 19.1 Å². The zero-order valence-corrected chi connectivity index (χ0v) is 12.7. The zero-order chi connectivity index (χ0) is 15.4. The lowest BCUT2D eigenvalue weighted by atomic mass is 10.1. The number of carbonyl (C=O) groups excluding carboxylic acids is 1. The number of rotatable bonds is 4. The molecule has 0 aromatic rings. The van der Waals surface area contributed by atoms with Gasteiger partial charge in [-0.1, -0.05) is 13.8 Å². The third-order valence-electron chi connectivity index (χ3n) is 4.22. The summed E-state index contributed by atoms with van der Waals surface area (Å²) in [6, 6.07) is -0.742. The van der Waals surface area contributed by atoms with E-state index in [1.54, 1.807) is 18.7 Å². The van der Waals surface area contributed by atoms with E-state index in [4.69, 9.17) is 9.84 Å². The molecule has 21 heavy (non-hydrogen) atoms. The van der Waals surface area contributed by atoms with Crippen LogP contribution in [-0.4, -0.2) is 78.4 Å². The van der Waals surface area contributed by atoms with Crippen molar-refractivity contribution in [3.63, 3.8) is 0 Å². The summed E-state index contributed by atoms with van der Waals surface area (Å²) in [7, 11) is 0. The lowest BCUT2D eigenvalue weighted by Crippen LogP contribution is -2.51. The molecule has 0 radical (unpaired) electrons. The Morgan fingerprint density at radius 1 is 1.24 bits per heavy atom. The minimum Gasteiger partial charge on any atom is -0.480 e. The first-order valence-corrected chi connectivity index (χ1v) is 7.59. The molecule has 2 N–H and O–H groups in total. The Balaban J connectivity index is 1.85. The molecule has 2 fully saturated rings. The number of aliphatic carboxylic acids is 1. The average Bonchev–Trinajstić information content (AvgIpc) is 2.94. The fraction of sp³-hybridized carbons (Fsp3) is 0.857. The van der Waals surface area contributed by atoms with E-state index >= 15 is 0 Å². The van der Waals surface area contributed by atoms with Crippen LogP contribution in [0.4, 0.5) is 4.79 Å². The van der Waals surface area contributed by atoms with Gasteiger partial charge < -0.3 is 20.1 Å². The second kappa shape index (κ2) is 7.09. The van der Waals surface area contributed by atoms with E-state index in [2.05, 4.69) is 10.2 Å². The number of hydrogen-bond donors (Lipinski definition) is 2. The van der Waals surface area contributed by atoms with Crippen LogP contribution in [0.2, 0.25) is 0 Å². The molecule has 7 heteroatoms. The van der Waals surface area contributed by atoms with Crippen LogP contribution >= 0.6 is 0 Å². The van der Waals surface area contributed by atoms with E-state index in [-0.39, 0.29) is 11.9 Å². The largest absolute Gasteiger partial charge is 0.480 e. The SMILES string of the molecule is CC(C)[C@H](NC(=O)N1CCC(N2CCOCC2)C1)C(=O)O. The van der Waals surface area contributed by atoms with Crippen LogP contribution in [0.1, 0.15) is 20.3 Å². The molecular weight excluding hydrogens is 274 g/mol. The molecule has 2 atom stereocenters. The van der Waals surface area contributed by atoms with Crippen molar-refractivity contribution < 1.29 is 19.4 Å². The molecule has 0 aromatic carbocycles. The van der Waals surface area contributed by atoms with Crippen molar-refractivity contribution in [2.75, 3.05) is 39.4 Å². The Hall–Kier alpha value is -1.34. The summed E-state index contributed by atoms with van der Waals surface area (Å²) in [4.78, 5) is 27.4. The van der Waals surface area contributed by atoms with Crippen LogP contribution in [0, 0.1) is 5.92 Å². The summed E-state index contributed by atoms with van der Waals surface area (Å²) in [5.74, 6) is -1.12. The van der Waals surface area contributed by atoms with Gasteiger partial charge in [-0.05, 0) is 12.3 Å². The number of carbonyl (C=O) groups is 2. The van der Waals surface area contributed by atoms with E-state index < -0.39 is 12.0 Å². The second-order valence-corrected chi connectivity index (χ2v) is 6.05. The summed E-state index contributed by atoms with van der Waals surface area (Å²) in [5.41, 5.74) is 0. The van der Waals surface area contributed by atoms with Crippen molar-refractivity contribution in [2.24, 2.45) is 5.92 Å². The molecule has 2 amide bonds. The van der Waals surface area contributed by atoms with Gasteiger partial charge in [-0.2, -0.15) is 0 Å². The number of nitrogens with one attached hydrogen (secondary N) is 1. The monoisotopic (exact) mass is 299 g/mol. The number of carboxylic acids is 1. The predicted octanol–water partition coefficient (Wildman–Crippen LogP) is 0.212. The van der Waals surface area contributed by atoms with Gasteiger partial charge in [0.15, 0.2) is 0 Å². The molecule has 2 aliphatic heterocycles. The average molecular weight is 299 g/mol. The Bertz CT molecular complexity index is 382. The molecule has 120 valence electrons. The number of carboxylic acid groups (broad SMARTS) is 1. The van der Waals surface area contributed by atoms with E-state index in [9.17, 15) is 9.59 Å². The number of amides is 2. The number of hydrogen-bond acceptors (Lipinski definition) is 4. The second-order valence-electron chi connectivity index (χ2n) is 6.05. The van der Waals surface area contributed by atoms with Gasteiger partial charge in [0, 0.05) is 32.2 Å². The molecule has 7 nitrogen and oxygen atoms in total. The topological polar surface area (TPSA) is 82.1 Å². The van der Waals surface area contributed by atoms with Gasteiger partial charge >= 0.3 is 12.0 Å². The number of morpholine rings is 1. The van der Waals surface area contributed by atoms with Crippen molar-refractivity contribution in [3.05, 3.63) is 0 Å². The van der Waals surface area contributed by atoms with Crippen molar-refractivity contribution >= 4 is 12.0 Å². The lowest BCUT2D eigenvalue weighted by molar-refractivity contribution is -0.140. The van der Waals surface area contributed by atoms with Crippen molar-refractivity contribution in [3.8, 4) is 0 Å². The van der Waals surface area contributed by atoms with Gasteiger partial charge in [0.05, 0.1) is 13.2 Å². The highest BCUT2D eigenvalue weighted by atomic mass is 16.5. The molecule has 0 aliphatic carbocycles. The molecule has 0 bridgehead atoms. The van der Waals surface area contributed by atoms with Gasteiger partial charge in [0.2, 0.25) is 0 Å². The Morgan fingerprint density at radius 2 is 1.90 bits per heavy atom. The molecule has 2 saturated heterocycles. The van der Waals surface area contributed by atoms with E-state index in [1.807, 2.05) is 0 Å². The lowest BCUT2D eigenvalue weighted by Gasteiger charge is -2.32. The highest BCUT2D eigenvalue weighted by molar-refractivity contribution is 5.82. The predicted molar refractivity (Wildman–Crippen MR) is 77.2 cm³/mol. The molecule has 2 aliphatic rings. The number of nitrogens with zero attached hydrogens (tertiary/aromatic N) is 2. The van der Waals surface area contributed by atoms with Crippen molar-refractivity contribution in [2.45, 2.75) is 32.4 Å². The van der Waals surface area contributed by atoms with Crippen LogP contribution in [-0.2, 0) is 9.53 Å². The third-order valence-corrected chi connectivity index (χ3v) is 4.22. The fourth-order valence-electron chi connectivity index (χ4n) is 2.90. The Kier molecular flexibility index (Phi) is 5.41. The summed E-state index contributed by atoms with van der Waals surface area (Å²) in [6.07, 6.45) is 0.937. The quantitative estimate of drug-likeness (QED) is 0.775. The molecule has 0 spiro atoms. The minimum atomic E-state index is -0.984. The van der Waals surface area contributed by atoms with Crippen molar-refractivity contribution in [1.82, 2.24) is 15.1 Å². The highest BCUT2D eigenvalue weighted by Crippen LogP contribution is 2.17. The maximum atomic E-state index is 12.2. The van der Waals surface area contributed by atoms with Crippen LogP contribution < -0.4 is 5.32 Å². The summed E-state index contributed by atoms with van der Waals surface area (Å²) in [6.45, 7) is 8.23. The molecule has 0 aromatic heterocycles. The normalized spacial score (nSPS) is 25.1.